The Labute approximate surface area is 123 Å². The van der Waals surface area contributed by atoms with Gasteiger partial charge in [-0.3, -0.25) is 0 Å². The van der Waals surface area contributed by atoms with Crippen molar-refractivity contribution >= 4 is 21.6 Å². The van der Waals surface area contributed by atoms with Crippen LogP contribution in [0.15, 0.2) is 23.1 Å². The van der Waals surface area contributed by atoms with E-state index in [1.807, 2.05) is 0 Å². The zero-order valence-electron chi connectivity index (χ0n) is 11.0. The molecule has 1 saturated carbocycles. The topological polar surface area (TPSA) is 81.4 Å². The molecule has 1 heterocycles. The molecule has 0 spiro atoms. The fourth-order valence-corrected chi connectivity index (χ4v) is 4.79. The van der Waals surface area contributed by atoms with Crippen LogP contribution in [0.5, 0.6) is 0 Å². The Morgan fingerprint density at radius 2 is 2.20 bits per heavy atom. The van der Waals surface area contributed by atoms with Crippen LogP contribution >= 0.6 is 11.6 Å². The fourth-order valence-electron chi connectivity index (χ4n) is 3.02. The number of benzene rings is 1. The van der Waals surface area contributed by atoms with Crippen molar-refractivity contribution in [3.05, 3.63) is 28.8 Å². The molecule has 2 aliphatic rings. The molecule has 110 valence electrons. The highest BCUT2D eigenvalue weighted by molar-refractivity contribution is 7.89. The third-order valence-corrected chi connectivity index (χ3v) is 6.26. The van der Waals surface area contributed by atoms with Crippen LogP contribution in [0.2, 0.25) is 5.02 Å². The summed E-state index contributed by atoms with van der Waals surface area (Å²) in [5, 5.41) is 0.431. The molecule has 2 fully saturated rings. The van der Waals surface area contributed by atoms with E-state index < -0.39 is 10.0 Å². The van der Waals surface area contributed by atoms with Gasteiger partial charge < -0.3 is 10.5 Å². The van der Waals surface area contributed by atoms with Gasteiger partial charge in [0.2, 0.25) is 10.0 Å². The van der Waals surface area contributed by atoms with Crippen molar-refractivity contribution in [2.45, 2.75) is 36.4 Å². The average Bonchev–Trinajstić information content (AvgIpc) is 2.84. The molecule has 5 nitrogen and oxygen atoms in total. The number of fused-ring (bicyclic) bond motifs is 1. The number of hydrogen-bond acceptors (Lipinski definition) is 4. The van der Waals surface area contributed by atoms with Crippen LogP contribution in [-0.2, 0) is 14.8 Å². The van der Waals surface area contributed by atoms with Crippen LogP contribution in [0.4, 0.5) is 0 Å². The largest absolute Gasteiger partial charge is 0.376 e. The summed E-state index contributed by atoms with van der Waals surface area (Å²) in [6.45, 7) is 2.34. The summed E-state index contributed by atoms with van der Waals surface area (Å²) >= 11 is 5.98. The van der Waals surface area contributed by atoms with Crippen molar-refractivity contribution < 1.29 is 13.2 Å². The standard InChI is InChI=1S/C13H17ClN2O3S/c1-7-9(14)3-2-4-10(7)20(17,18)16-12-11(15)8-5-6-19-13(8)12/h2-4,8,11-13,16H,5-6,15H2,1H3. The molecule has 0 amide bonds. The minimum Gasteiger partial charge on any atom is -0.376 e. The number of nitrogens with two attached hydrogens (primary N) is 1. The highest BCUT2D eigenvalue weighted by Crippen LogP contribution is 2.38. The quantitative estimate of drug-likeness (QED) is 0.873. The summed E-state index contributed by atoms with van der Waals surface area (Å²) in [6, 6.07) is 4.30. The number of hydrogen-bond donors (Lipinski definition) is 2. The first-order valence-electron chi connectivity index (χ1n) is 6.56. The Hall–Kier alpha value is -0.660. The van der Waals surface area contributed by atoms with Crippen LogP contribution in [0.25, 0.3) is 0 Å². The molecule has 0 aromatic heterocycles. The lowest BCUT2D eigenvalue weighted by Crippen LogP contribution is -2.68. The summed E-state index contributed by atoms with van der Waals surface area (Å²) in [7, 11) is -3.64. The maximum absolute atomic E-state index is 12.5. The zero-order chi connectivity index (χ0) is 14.5. The van der Waals surface area contributed by atoms with E-state index in [1.54, 1.807) is 25.1 Å². The maximum atomic E-state index is 12.5. The van der Waals surface area contributed by atoms with E-state index in [2.05, 4.69) is 4.72 Å². The lowest BCUT2D eigenvalue weighted by molar-refractivity contribution is -0.00924. The predicted molar refractivity (Wildman–Crippen MR) is 76.1 cm³/mol. The van der Waals surface area contributed by atoms with Gasteiger partial charge in [-0.05, 0) is 31.0 Å². The minimum absolute atomic E-state index is 0.0979. The van der Waals surface area contributed by atoms with Crippen molar-refractivity contribution in [2.24, 2.45) is 11.7 Å². The molecular weight excluding hydrogens is 300 g/mol. The smallest absolute Gasteiger partial charge is 0.241 e. The van der Waals surface area contributed by atoms with Crippen LogP contribution in [0.1, 0.15) is 12.0 Å². The molecule has 4 atom stereocenters. The summed E-state index contributed by atoms with van der Waals surface area (Å²) in [5.41, 5.74) is 6.57. The molecule has 0 bridgehead atoms. The first-order valence-corrected chi connectivity index (χ1v) is 8.42. The molecule has 3 rings (SSSR count). The fraction of sp³-hybridized carbons (Fsp3) is 0.538. The Morgan fingerprint density at radius 1 is 1.45 bits per heavy atom. The SMILES string of the molecule is Cc1c(Cl)cccc1S(=O)(=O)NC1C(N)C2CCOC21. The first-order chi connectivity index (χ1) is 9.42. The molecule has 1 saturated heterocycles. The Bertz CT molecular complexity index is 635. The lowest BCUT2D eigenvalue weighted by atomic mass is 9.73. The molecule has 20 heavy (non-hydrogen) atoms. The van der Waals surface area contributed by atoms with E-state index in [1.165, 1.54) is 0 Å². The highest BCUT2D eigenvalue weighted by atomic mass is 35.5. The Morgan fingerprint density at radius 3 is 2.95 bits per heavy atom. The van der Waals surface area contributed by atoms with E-state index in [0.717, 1.165) is 6.42 Å². The van der Waals surface area contributed by atoms with Crippen LogP contribution < -0.4 is 10.5 Å². The highest BCUT2D eigenvalue weighted by Gasteiger charge is 2.53. The predicted octanol–water partition coefficient (Wildman–Crippen LogP) is 1.04. The number of sulfonamides is 1. The van der Waals surface area contributed by atoms with E-state index in [0.29, 0.717) is 17.2 Å². The third-order valence-electron chi connectivity index (χ3n) is 4.25. The summed E-state index contributed by atoms with van der Waals surface area (Å²) in [4.78, 5) is 0.193. The van der Waals surface area contributed by atoms with Crippen LogP contribution in [0.3, 0.4) is 0 Å². The van der Waals surface area contributed by atoms with Gasteiger partial charge in [0.25, 0.3) is 0 Å². The van der Waals surface area contributed by atoms with Crippen molar-refractivity contribution in [2.75, 3.05) is 6.61 Å². The number of rotatable bonds is 3. The van der Waals surface area contributed by atoms with Crippen molar-refractivity contribution in [3.63, 3.8) is 0 Å². The maximum Gasteiger partial charge on any atom is 0.241 e. The number of nitrogens with one attached hydrogen (secondary N) is 1. The molecule has 1 aliphatic carbocycles. The molecule has 3 N–H and O–H groups in total. The number of halogens is 1. The number of ether oxygens (including phenoxy) is 1. The molecule has 7 heteroatoms. The molecule has 4 unspecified atom stereocenters. The van der Waals surface area contributed by atoms with Crippen molar-refractivity contribution in [1.29, 1.82) is 0 Å². The average molecular weight is 317 g/mol. The molecular formula is C13H17ClN2O3S. The molecule has 1 aromatic rings. The Kier molecular flexibility index (Phi) is 3.54. The van der Waals surface area contributed by atoms with Gasteiger partial charge in [0.15, 0.2) is 0 Å². The minimum atomic E-state index is -3.64. The van der Waals surface area contributed by atoms with E-state index in [9.17, 15) is 8.42 Å². The molecule has 1 aromatic carbocycles. The van der Waals surface area contributed by atoms with Gasteiger partial charge in [-0.15, -0.1) is 0 Å². The third kappa shape index (κ3) is 2.16. The Balaban J connectivity index is 1.84. The second kappa shape index (κ2) is 4.96. The second-order valence-electron chi connectivity index (χ2n) is 5.38. The first kappa shape index (κ1) is 14.3. The van der Waals surface area contributed by atoms with Gasteiger partial charge in [0.1, 0.15) is 0 Å². The molecule has 0 radical (unpaired) electrons. The van der Waals surface area contributed by atoms with Gasteiger partial charge in [0, 0.05) is 23.6 Å². The van der Waals surface area contributed by atoms with Gasteiger partial charge in [-0.2, -0.15) is 0 Å². The van der Waals surface area contributed by atoms with Gasteiger partial charge in [-0.25, -0.2) is 13.1 Å². The van der Waals surface area contributed by atoms with E-state index >= 15 is 0 Å². The summed E-state index contributed by atoms with van der Waals surface area (Å²) in [6.07, 6.45) is 0.805. The molecule has 1 aliphatic heterocycles. The summed E-state index contributed by atoms with van der Waals surface area (Å²) in [5.74, 6) is 0.267. The normalized spacial score (nSPS) is 32.8. The van der Waals surface area contributed by atoms with Crippen molar-refractivity contribution in [3.8, 4) is 0 Å². The second-order valence-corrected chi connectivity index (χ2v) is 7.46. The summed E-state index contributed by atoms with van der Waals surface area (Å²) < 4.78 is 33.1. The van der Waals surface area contributed by atoms with Gasteiger partial charge in [0.05, 0.1) is 17.0 Å². The van der Waals surface area contributed by atoms with Gasteiger partial charge in [-0.1, -0.05) is 17.7 Å². The van der Waals surface area contributed by atoms with Gasteiger partial charge >= 0.3 is 0 Å². The van der Waals surface area contributed by atoms with Crippen LogP contribution in [-0.4, -0.2) is 33.2 Å². The zero-order valence-corrected chi connectivity index (χ0v) is 12.6. The lowest BCUT2D eigenvalue weighted by Gasteiger charge is -2.45. The van der Waals surface area contributed by atoms with E-state index in [-0.39, 0.29) is 29.0 Å². The van der Waals surface area contributed by atoms with Crippen LogP contribution in [0, 0.1) is 12.8 Å². The van der Waals surface area contributed by atoms with Crippen molar-refractivity contribution in [1.82, 2.24) is 4.72 Å². The van der Waals surface area contributed by atoms with E-state index in [4.69, 9.17) is 22.1 Å². The monoisotopic (exact) mass is 316 g/mol.